The highest BCUT2D eigenvalue weighted by Gasteiger charge is 2.46. The summed E-state index contributed by atoms with van der Waals surface area (Å²) < 4.78 is 4.58. The zero-order chi connectivity index (χ0) is 10.8. The first-order valence-electron chi connectivity index (χ1n) is 4.57. The molecule has 0 spiro atoms. The van der Waals surface area contributed by atoms with Crippen molar-refractivity contribution in [2.24, 2.45) is 17.1 Å². The number of hydrogen-bond donors (Lipinski definition) is 2. The third-order valence-corrected chi connectivity index (χ3v) is 2.99. The molecule has 0 aromatic rings. The van der Waals surface area contributed by atoms with Gasteiger partial charge < -0.3 is 15.6 Å². The van der Waals surface area contributed by atoms with Crippen molar-refractivity contribution in [3.05, 3.63) is 0 Å². The maximum absolute atomic E-state index is 11.2. The smallest absolute Gasteiger partial charge is 0.310 e. The number of carboxylic acids is 1. The Labute approximate surface area is 82.2 Å². The molecule has 3 N–H and O–H groups in total. The second-order valence-electron chi connectivity index (χ2n) is 3.75. The molecule has 1 saturated carbocycles. The van der Waals surface area contributed by atoms with Crippen LogP contribution in [-0.2, 0) is 14.3 Å². The predicted molar refractivity (Wildman–Crippen MR) is 48.5 cm³/mol. The fourth-order valence-corrected chi connectivity index (χ4v) is 1.96. The second-order valence-corrected chi connectivity index (χ2v) is 3.75. The van der Waals surface area contributed by atoms with E-state index in [4.69, 9.17) is 10.8 Å². The van der Waals surface area contributed by atoms with Gasteiger partial charge in [0.2, 0.25) is 0 Å². The van der Waals surface area contributed by atoms with Crippen molar-refractivity contribution in [1.82, 2.24) is 0 Å². The summed E-state index contributed by atoms with van der Waals surface area (Å²) in [5.41, 5.74) is 4.52. The normalized spacial score (nSPS) is 31.4. The third kappa shape index (κ3) is 1.72. The van der Waals surface area contributed by atoms with Crippen LogP contribution in [0.15, 0.2) is 0 Å². The van der Waals surface area contributed by atoms with Crippen LogP contribution < -0.4 is 5.73 Å². The summed E-state index contributed by atoms with van der Waals surface area (Å²) in [6.07, 6.45) is 1.31. The van der Waals surface area contributed by atoms with Crippen LogP contribution in [0.1, 0.15) is 19.3 Å². The molecule has 0 unspecified atom stereocenters. The number of ether oxygens (including phenoxy) is 1. The fraction of sp³-hybridized carbons (Fsp3) is 0.778. The Morgan fingerprint density at radius 3 is 2.64 bits per heavy atom. The average Bonchev–Trinajstić information content (AvgIpc) is 2.62. The summed E-state index contributed by atoms with van der Waals surface area (Å²) in [5, 5.41) is 9.00. The minimum atomic E-state index is -0.918. The molecule has 0 radical (unpaired) electrons. The van der Waals surface area contributed by atoms with Crippen LogP contribution in [0.3, 0.4) is 0 Å². The zero-order valence-corrected chi connectivity index (χ0v) is 8.16. The average molecular weight is 201 g/mol. The standard InChI is InChI=1S/C9H15NO4/c1-14-7(11)6-2-3-9(4-6,5-10)8(12)13/h6H,2-5,10H2,1H3,(H,12,13)/t6-,9-/m1/s1. The predicted octanol–water partition coefficient (Wildman–Crippen LogP) is -0.0108. The lowest BCUT2D eigenvalue weighted by Gasteiger charge is -2.21. The van der Waals surface area contributed by atoms with Crippen molar-refractivity contribution in [2.75, 3.05) is 13.7 Å². The molecule has 1 aliphatic rings. The molecule has 5 heteroatoms. The van der Waals surface area contributed by atoms with E-state index >= 15 is 0 Å². The molecule has 2 atom stereocenters. The summed E-state index contributed by atoms with van der Waals surface area (Å²) in [4.78, 5) is 22.2. The van der Waals surface area contributed by atoms with Gasteiger partial charge in [-0.05, 0) is 19.3 Å². The molecule has 0 amide bonds. The van der Waals surface area contributed by atoms with E-state index in [0.717, 1.165) is 0 Å². The lowest BCUT2D eigenvalue weighted by molar-refractivity contribution is -0.149. The van der Waals surface area contributed by atoms with Crippen molar-refractivity contribution >= 4 is 11.9 Å². The third-order valence-electron chi connectivity index (χ3n) is 2.99. The van der Waals surface area contributed by atoms with Crippen molar-refractivity contribution in [3.63, 3.8) is 0 Å². The van der Waals surface area contributed by atoms with E-state index in [1.54, 1.807) is 0 Å². The lowest BCUT2D eigenvalue weighted by atomic mass is 9.85. The molecule has 14 heavy (non-hydrogen) atoms. The monoisotopic (exact) mass is 201 g/mol. The highest BCUT2D eigenvalue weighted by Crippen LogP contribution is 2.41. The maximum atomic E-state index is 11.2. The van der Waals surface area contributed by atoms with Gasteiger partial charge in [-0.2, -0.15) is 0 Å². The van der Waals surface area contributed by atoms with Gasteiger partial charge in [-0.3, -0.25) is 9.59 Å². The Bertz CT molecular complexity index is 253. The number of methoxy groups -OCH3 is 1. The topological polar surface area (TPSA) is 89.6 Å². The number of carbonyl (C=O) groups excluding carboxylic acids is 1. The van der Waals surface area contributed by atoms with Crippen LogP contribution in [0.4, 0.5) is 0 Å². The van der Waals surface area contributed by atoms with Crippen LogP contribution in [0, 0.1) is 11.3 Å². The van der Waals surface area contributed by atoms with Gasteiger partial charge in [0.15, 0.2) is 0 Å². The van der Waals surface area contributed by atoms with Gasteiger partial charge in [0, 0.05) is 6.54 Å². The molecule has 80 valence electrons. The molecular weight excluding hydrogens is 186 g/mol. The summed E-state index contributed by atoms with van der Waals surface area (Å²) in [7, 11) is 1.31. The SMILES string of the molecule is COC(=O)[C@@H]1CC[C@@](CN)(C(=O)O)C1. The molecule has 0 aromatic heterocycles. The van der Waals surface area contributed by atoms with Crippen LogP contribution in [0.2, 0.25) is 0 Å². The molecule has 0 saturated heterocycles. The van der Waals surface area contributed by atoms with Crippen LogP contribution in [0.25, 0.3) is 0 Å². The first kappa shape index (κ1) is 11.0. The minimum Gasteiger partial charge on any atom is -0.481 e. The maximum Gasteiger partial charge on any atom is 0.310 e. The number of carboxylic acid groups (broad SMARTS) is 1. The summed E-state index contributed by atoms with van der Waals surface area (Å²) in [6.45, 7) is 0.0792. The minimum absolute atomic E-state index is 0.0792. The van der Waals surface area contributed by atoms with Crippen molar-refractivity contribution in [1.29, 1.82) is 0 Å². The molecule has 5 nitrogen and oxygen atoms in total. The number of aliphatic carboxylic acids is 1. The van der Waals surface area contributed by atoms with Crippen molar-refractivity contribution in [3.8, 4) is 0 Å². The van der Waals surface area contributed by atoms with E-state index in [1.165, 1.54) is 7.11 Å². The van der Waals surface area contributed by atoms with Crippen LogP contribution in [-0.4, -0.2) is 30.7 Å². The van der Waals surface area contributed by atoms with E-state index in [9.17, 15) is 9.59 Å². The number of carbonyl (C=O) groups is 2. The largest absolute Gasteiger partial charge is 0.481 e. The molecule has 0 aliphatic heterocycles. The number of hydrogen-bond acceptors (Lipinski definition) is 4. The van der Waals surface area contributed by atoms with Gasteiger partial charge in [0.05, 0.1) is 18.4 Å². The van der Waals surface area contributed by atoms with E-state index in [2.05, 4.69) is 4.74 Å². The van der Waals surface area contributed by atoms with Crippen molar-refractivity contribution in [2.45, 2.75) is 19.3 Å². The molecular formula is C9H15NO4. The molecule has 1 rings (SSSR count). The Morgan fingerprint density at radius 2 is 2.29 bits per heavy atom. The van der Waals surface area contributed by atoms with Gasteiger partial charge in [0.25, 0.3) is 0 Å². The quantitative estimate of drug-likeness (QED) is 0.627. The summed E-state index contributed by atoms with van der Waals surface area (Å²) >= 11 is 0. The van der Waals surface area contributed by atoms with Gasteiger partial charge >= 0.3 is 11.9 Å². The molecule has 0 aromatic carbocycles. The van der Waals surface area contributed by atoms with Crippen LogP contribution in [0.5, 0.6) is 0 Å². The Morgan fingerprint density at radius 1 is 1.64 bits per heavy atom. The molecule has 0 bridgehead atoms. The number of rotatable bonds is 3. The molecule has 0 heterocycles. The van der Waals surface area contributed by atoms with Crippen molar-refractivity contribution < 1.29 is 19.4 Å². The van der Waals surface area contributed by atoms with Gasteiger partial charge in [-0.15, -0.1) is 0 Å². The first-order valence-corrected chi connectivity index (χ1v) is 4.57. The summed E-state index contributed by atoms with van der Waals surface area (Å²) in [5.74, 6) is -1.55. The van der Waals surface area contributed by atoms with Gasteiger partial charge in [-0.1, -0.05) is 0 Å². The van der Waals surface area contributed by atoms with Crippen LogP contribution >= 0.6 is 0 Å². The van der Waals surface area contributed by atoms with Gasteiger partial charge in [-0.25, -0.2) is 0 Å². The van der Waals surface area contributed by atoms with Gasteiger partial charge in [0.1, 0.15) is 0 Å². The number of esters is 1. The lowest BCUT2D eigenvalue weighted by Crippen LogP contribution is -2.36. The second kappa shape index (κ2) is 3.96. The summed E-state index contributed by atoms with van der Waals surface area (Å²) in [6, 6.07) is 0. The van der Waals surface area contributed by atoms with E-state index in [1.807, 2.05) is 0 Å². The molecule has 1 aliphatic carbocycles. The highest BCUT2D eigenvalue weighted by molar-refractivity contribution is 5.79. The molecule has 1 fully saturated rings. The Kier molecular flexibility index (Phi) is 3.10. The van der Waals surface area contributed by atoms with E-state index in [0.29, 0.717) is 19.3 Å². The Hall–Kier alpha value is -1.10. The van der Waals surface area contributed by atoms with E-state index in [-0.39, 0.29) is 18.4 Å². The first-order chi connectivity index (χ1) is 6.55. The number of nitrogens with two attached hydrogens (primary N) is 1. The zero-order valence-electron chi connectivity index (χ0n) is 8.16. The Balaban J connectivity index is 2.71. The van der Waals surface area contributed by atoms with E-state index < -0.39 is 11.4 Å². The highest BCUT2D eigenvalue weighted by atomic mass is 16.5. The fourth-order valence-electron chi connectivity index (χ4n) is 1.96.